The number of hydrogen-bond donors (Lipinski definition) is 4. The summed E-state index contributed by atoms with van der Waals surface area (Å²) in [6.07, 6.45) is -0.488. The standard InChI is InChI=1S/C36H46N4O6/c1-36(2,3)46-35(45)40(20-19-26-13-7-4-8-14-26)25-30(41)23-29(21-27-15-9-5-10-16-27)34(44)38-24-32(42)39-31(33(37)43)22-28-17-11-6-12-18-28/h4-18,29-31,41H,19-25H2,1-3H3,(H2,37,43)(H,38,44)(H,39,42). The quantitative estimate of drug-likeness (QED) is 0.191. The molecule has 10 heteroatoms. The first-order valence-corrected chi connectivity index (χ1v) is 15.5. The van der Waals surface area contributed by atoms with Crippen LogP contribution in [0.1, 0.15) is 43.9 Å². The highest BCUT2D eigenvalue weighted by Crippen LogP contribution is 2.18. The van der Waals surface area contributed by atoms with Crippen molar-refractivity contribution in [1.82, 2.24) is 15.5 Å². The second-order valence-electron chi connectivity index (χ2n) is 12.4. The Hall–Kier alpha value is -4.70. The molecule has 3 rings (SSSR count). The minimum absolute atomic E-state index is 0.0326. The summed E-state index contributed by atoms with van der Waals surface area (Å²) in [5.41, 5.74) is 7.54. The first kappa shape index (κ1) is 35.8. The lowest BCUT2D eigenvalue weighted by Gasteiger charge is -2.30. The Morgan fingerprint density at radius 3 is 1.87 bits per heavy atom. The van der Waals surface area contributed by atoms with E-state index in [4.69, 9.17) is 10.5 Å². The van der Waals surface area contributed by atoms with Crippen LogP contribution in [0, 0.1) is 5.92 Å². The van der Waals surface area contributed by atoms with Gasteiger partial charge in [0, 0.05) is 25.4 Å². The summed E-state index contributed by atoms with van der Waals surface area (Å²) in [7, 11) is 0. The van der Waals surface area contributed by atoms with E-state index in [1.807, 2.05) is 91.0 Å². The summed E-state index contributed by atoms with van der Waals surface area (Å²) >= 11 is 0. The summed E-state index contributed by atoms with van der Waals surface area (Å²) in [4.78, 5) is 52.7. The van der Waals surface area contributed by atoms with Gasteiger partial charge in [0.2, 0.25) is 17.7 Å². The van der Waals surface area contributed by atoms with Gasteiger partial charge in [-0.15, -0.1) is 0 Å². The maximum Gasteiger partial charge on any atom is 0.410 e. The number of carbonyl (C=O) groups excluding carboxylic acids is 4. The Labute approximate surface area is 271 Å². The molecule has 0 aliphatic rings. The SMILES string of the molecule is CC(C)(C)OC(=O)N(CCc1ccccc1)CC(O)CC(Cc1ccccc1)C(=O)NCC(=O)NC(Cc1ccccc1)C(N)=O. The molecule has 246 valence electrons. The molecule has 0 saturated carbocycles. The molecule has 0 saturated heterocycles. The van der Waals surface area contributed by atoms with E-state index < -0.39 is 47.5 Å². The molecule has 10 nitrogen and oxygen atoms in total. The number of nitrogens with zero attached hydrogens (tertiary/aromatic N) is 1. The molecule has 0 radical (unpaired) electrons. The van der Waals surface area contributed by atoms with Crippen molar-refractivity contribution < 1.29 is 29.0 Å². The lowest BCUT2D eigenvalue weighted by molar-refractivity contribution is -0.130. The second kappa shape index (κ2) is 17.7. The van der Waals surface area contributed by atoms with E-state index in [-0.39, 0.29) is 25.9 Å². The van der Waals surface area contributed by atoms with E-state index in [1.54, 1.807) is 20.8 Å². The number of ether oxygens (including phenoxy) is 1. The third-order valence-corrected chi connectivity index (χ3v) is 7.23. The lowest BCUT2D eigenvalue weighted by atomic mass is 9.92. The molecule has 0 aromatic heterocycles. The number of aliphatic hydroxyl groups excluding tert-OH is 1. The summed E-state index contributed by atoms with van der Waals surface area (Å²) < 4.78 is 5.61. The van der Waals surface area contributed by atoms with E-state index in [0.29, 0.717) is 19.4 Å². The molecule has 0 aliphatic heterocycles. The van der Waals surface area contributed by atoms with E-state index in [2.05, 4.69) is 10.6 Å². The van der Waals surface area contributed by atoms with Crippen molar-refractivity contribution in [2.24, 2.45) is 11.7 Å². The first-order chi connectivity index (χ1) is 21.9. The molecule has 3 atom stereocenters. The van der Waals surface area contributed by atoms with E-state index in [9.17, 15) is 24.3 Å². The van der Waals surface area contributed by atoms with Crippen LogP contribution in [-0.4, -0.2) is 71.2 Å². The Morgan fingerprint density at radius 2 is 1.35 bits per heavy atom. The van der Waals surface area contributed by atoms with Gasteiger partial charge in [0.1, 0.15) is 11.6 Å². The number of carbonyl (C=O) groups is 4. The van der Waals surface area contributed by atoms with Gasteiger partial charge in [0.25, 0.3) is 0 Å². The van der Waals surface area contributed by atoms with E-state index >= 15 is 0 Å². The van der Waals surface area contributed by atoms with Gasteiger partial charge in [-0.25, -0.2) is 4.79 Å². The fourth-order valence-corrected chi connectivity index (χ4v) is 4.96. The molecule has 0 bridgehead atoms. The molecule has 46 heavy (non-hydrogen) atoms. The fraction of sp³-hybridized carbons (Fsp3) is 0.389. The fourth-order valence-electron chi connectivity index (χ4n) is 4.96. The van der Waals surface area contributed by atoms with Gasteiger partial charge in [0.05, 0.1) is 12.6 Å². The number of rotatable bonds is 16. The predicted octanol–water partition coefficient (Wildman–Crippen LogP) is 3.41. The molecular formula is C36H46N4O6. The van der Waals surface area contributed by atoms with Crippen LogP contribution in [-0.2, 0) is 38.4 Å². The Balaban J connectivity index is 1.66. The summed E-state index contributed by atoms with van der Waals surface area (Å²) in [6.45, 7) is 5.23. The van der Waals surface area contributed by atoms with Crippen LogP contribution >= 0.6 is 0 Å². The van der Waals surface area contributed by atoms with Crippen molar-refractivity contribution in [3.05, 3.63) is 108 Å². The van der Waals surface area contributed by atoms with Crippen LogP contribution in [0.3, 0.4) is 0 Å². The van der Waals surface area contributed by atoms with E-state index in [0.717, 1.165) is 16.7 Å². The van der Waals surface area contributed by atoms with Gasteiger partial charge in [-0.1, -0.05) is 91.0 Å². The minimum Gasteiger partial charge on any atom is -0.444 e. The molecule has 3 aromatic carbocycles. The smallest absolute Gasteiger partial charge is 0.410 e. The maximum absolute atomic E-state index is 13.4. The number of nitrogens with two attached hydrogens (primary N) is 1. The van der Waals surface area contributed by atoms with Gasteiger partial charge in [-0.2, -0.15) is 0 Å². The average molecular weight is 631 g/mol. The van der Waals surface area contributed by atoms with Crippen molar-refractivity contribution in [3.8, 4) is 0 Å². The third-order valence-electron chi connectivity index (χ3n) is 7.23. The van der Waals surface area contributed by atoms with Gasteiger partial charge in [-0.3, -0.25) is 14.4 Å². The van der Waals surface area contributed by atoms with Crippen molar-refractivity contribution in [2.75, 3.05) is 19.6 Å². The van der Waals surface area contributed by atoms with Crippen LogP contribution in [0.15, 0.2) is 91.0 Å². The zero-order valence-corrected chi connectivity index (χ0v) is 26.9. The number of aliphatic hydroxyl groups is 1. The van der Waals surface area contributed by atoms with E-state index in [1.165, 1.54) is 4.90 Å². The van der Waals surface area contributed by atoms with Crippen LogP contribution in [0.2, 0.25) is 0 Å². The average Bonchev–Trinajstić information content (AvgIpc) is 3.01. The number of amides is 4. The highest BCUT2D eigenvalue weighted by atomic mass is 16.6. The largest absolute Gasteiger partial charge is 0.444 e. The normalized spacial score (nSPS) is 13.1. The molecular weight excluding hydrogens is 584 g/mol. The Bertz CT molecular complexity index is 1400. The lowest BCUT2D eigenvalue weighted by Crippen LogP contribution is -2.49. The highest BCUT2D eigenvalue weighted by molar-refractivity contribution is 5.90. The third kappa shape index (κ3) is 13.1. The van der Waals surface area contributed by atoms with Gasteiger partial charge in [0.15, 0.2) is 0 Å². The van der Waals surface area contributed by atoms with Gasteiger partial charge >= 0.3 is 6.09 Å². The Kier molecular flexibility index (Phi) is 13.8. The van der Waals surface area contributed by atoms with Crippen LogP contribution in [0.5, 0.6) is 0 Å². The van der Waals surface area contributed by atoms with Crippen molar-refractivity contribution in [2.45, 2.75) is 64.2 Å². The molecule has 0 heterocycles. The van der Waals surface area contributed by atoms with Crippen molar-refractivity contribution in [1.29, 1.82) is 0 Å². The summed E-state index contributed by atoms with van der Waals surface area (Å²) in [5.74, 6) is -2.40. The summed E-state index contributed by atoms with van der Waals surface area (Å²) in [6, 6.07) is 27.3. The minimum atomic E-state index is -1.05. The molecule has 4 amide bonds. The van der Waals surface area contributed by atoms with Gasteiger partial charge < -0.3 is 31.1 Å². The molecule has 0 fully saturated rings. The van der Waals surface area contributed by atoms with Crippen LogP contribution in [0.25, 0.3) is 0 Å². The predicted molar refractivity (Wildman–Crippen MR) is 176 cm³/mol. The molecule has 0 aliphatic carbocycles. The maximum atomic E-state index is 13.4. The molecule has 3 unspecified atom stereocenters. The molecule has 5 N–H and O–H groups in total. The Morgan fingerprint density at radius 1 is 0.826 bits per heavy atom. The zero-order chi connectivity index (χ0) is 33.5. The van der Waals surface area contributed by atoms with Crippen LogP contribution < -0.4 is 16.4 Å². The highest BCUT2D eigenvalue weighted by Gasteiger charge is 2.28. The molecule has 0 spiro atoms. The monoisotopic (exact) mass is 630 g/mol. The topological polar surface area (TPSA) is 151 Å². The van der Waals surface area contributed by atoms with Crippen molar-refractivity contribution >= 4 is 23.8 Å². The number of primary amides is 1. The van der Waals surface area contributed by atoms with Crippen LogP contribution in [0.4, 0.5) is 4.79 Å². The van der Waals surface area contributed by atoms with Gasteiger partial charge in [-0.05, 0) is 56.7 Å². The number of nitrogens with one attached hydrogen (secondary N) is 2. The molecule has 3 aromatic rings. The second-order valence-corrected chi connectivity index (χ2v) is 12.4. The number of benzene rings is 3. The first-order valence-electron chi connectivity index (χ1n) is 15.5. The zero-order valence-electron chi connectivity index (χ0n) is 26.9. The summed E-state index contributed by atoms with van der Waals surface area (Å²) in [5, 5.41) is 16.4. The van der Waals surface area contributed by atoms with Crippen molar-refractivity contribution in [3.63, 3.8) is 0 Å². The number of hydrogen-bond acceptors (Lipinski definition) is 6.